The molecule has 22 heavy (non-hydrogen) atoms. The standard InChI is InChI=1S/C17H17NO4/c1-12(15(19)17(21)22)18(14-10-6-3-7-11-14)16(20)13-8-4-2-5-9-13/h2-12,15,19H,1H3,(H,21,22)/t12-,15-/m0/s1. The number of hydrogen-bond donors (Lipinski definition) is 2. The van der Waals surface area contributed by atoms with E-state index in [0.29, 0.717) is 11.3 Å². The van der Waals surface area contributed by atoms with E-state index in [-0.39, 0.29) is 5.91 Å². The van der Waals surface area contributed by atoms with Crippen LogP contribution in [-0.4, -0.2) is 34.2 Å². The van der Waals surface area contributed by atoms with Gasteiger partial charge in [-0.3, -0.25) is 4.79 Å². The first kappa shape index (κ1) is 15.7. The van der Waals surface area contributed by atoms with Crippen LogP contribution in [0.1, 0.15) is 17.3 Å². The van der Waals surface area contributed by atoms with Crippen molar-refractivity contribution in [3.8, 4) is 0 Å². The van der Waals surface area contributed by atoms with Gasteiger partial charge in [0.05, 0.1) is 6.04 Å². The molecule has 2 aromatic rings. The molecule has 0 spiro atoms. The summed E-state index contributed by atoms with van der Waals surface area (Å²) >= 11 is 0. The Hall–Kier alpha value is -2.66. The van der Waals surface area contributed by atoms with E-state index in [2.05, 4.69) is 0 Å². The minimum Gasteiger partial charge on any atom is -0.479 e. The van der Waals surface area contributed by atoms with Crippen molar-refractivity contribution in [3.63, 3.8) is 0 Å². The third kappa shape index (κ3) is 3.32. The van der Waals surface area contributed by atoms with Crippen molar-refractivity contribution in [2.45, 2.75) is 19.1 Å². The molecule has 114 valence electrons. The van der Waals surface area contributed by atoms with Crippen LogP contribution in [0.2, 0.25) is 0 Å². The van der Waals surface area contributed by atoms with Gasteiger partial charge in [0.1, 0.15) is 0 Å². The number of anilines is 1. The summed E-state index contributed by atoms with van der Waals surface area (Å²) in [6.07, 6.45) is -1.67. The summed E-state index contributed by atoms with van der Waals surface area (Å²) in [6, 6.07) is 16.3. The van der Waals surface area contributed by atoms with Crippen LogP contribution >= 0.6 is 0 Å². The van der Waals surface area contributed by atoms with Crippen molar-refractivity contribution in [1.29, 1.82) is 0 Å². The SMILES string of the molecule is C[C@@H]([C@H](O)C(=O)O)N(C(=O)c1ccccc1)c1ccccc1. The van der Waals surface area contributed by atoms with Gasteiger partial charge in [-0.1, -0.05) is 36.4 Å². The van der Waals surface area contributed by atoms with Gasteiger partial charge in [0.25, 0.3) is 5.91 Å². The molecular formula is C17H17NO4. The largest absolute Gasteiger partial charge is 0.479 e. The monoisotopic (exact) mass is 299 g/mol. The Morgan fingerprint density at radius 1 is 0.955 bits per heavy atom. The average Bonchev–Trinajstić information content (AvgIpc) is 2.55. The Labute approximate surface area is 128 Å². The highest BCUT2D eigenvalue weighted by atomic mass is 16.4. The van der Waals surface area contributed by atoms with Crippen molar-refractivity contribution in [2.75, 3.05) is 4.90 Å². The summed E-state index contributed by atoms with van der Waals surface area (Å²) in [7, 11) is 0. The maximum absolute atomic E-state index is 12.7. The molecule has 0 heterocycles. The molecule has 0 aliphatic rings. The van der Waals surface area contributed by atoms with Gasteiger partial charge in [-0.15, -0.1) is 0 Å². The fraction of sp³-hybridized carbons (Fsp3) is 0.176. The fourth-order valence-electron chi connectivity index (χ4n) is 2.19. The van der Waals surface area contributed by atoms with E-state index < -0.39 is 18.1 Å². The molecule has 1 amide bonds. The number of carboxylic acid groups (broad SMARTS) is 1. The van der Waals surface area contributed by atoms with E-state index in [1.54, 1.807) is 60.7 Å². The van der Waals surface area contributed by atoms with Gasteiger partial charge in [-0.05, 0) is 31.2 Å². The molecule has 2 aromatic carbocycles. The smallest absolute Gasteiger partial charge is 0.334 e. The molecule has 2 atom stereocenters. The van der Waals surface area contributed by atoms with Crippen molar-refractivity contribution in [3.05, 3.63) is 66.2 Å². The molecule has 5 nitrogen and oxygen atoms in total. The molecule has 2 rings (SSSR count). The number of aliphatic carboxylic acids is 1. The number of benzene rings is 2. The third-order valence-electron chi connectivity index (χ3n) is 3.39. The Kier molecular flexibility index (Phi) is 4.91. The molecular weight excluding hydrogens is 282 g/mol. The second-order valence-electron chi connectivity index (χ2n) is 4.90. The van der Waals surface area contributed by atoms with E-state index in [4.69, 9.17) is 5.11 Å². The number of amides is 1. The predicted octanol–water partition coefficient (Wildman–Crippen LogP) is 2.17. The molecule has 0 aliphatic carbocycles. The van der Waals surface area contributed by atoms with Crippen molar-refractivity contribution < 1.29 is 19.8 Å². The fourth-order valence-corrected chi connectivity index (χ4v) is 2.19. The van der Waals surface area contributed by atoms with Gasteiger partial charge in [0.15, 0.2) is 6.10 Å². The number of aliphatic hydroxyl groups is 1. The van der Waals surface area contributed by atoms with Gasteiger partial charge in [0, 0.05) is 11.3 Å². The highest BCUT2D eigenvalue weighted by Gasteiger charge is 2.32. The van der Waals surface area contributed by atoms with Crippen LogP contribution in [0.25, 0.3) is 0 Å². The maximum Gasteiger partial charge on any atom is 0.334 e. The van der Waals surface area contributed by atoms with E-state index in [0.717, 1.165) is 0 Å². The lowest BCUT2D eigenvalue weighted by Crippen LogP contribution is -2.48. The lowest BCUT2D eigenvalue weighted by Gasteiger charge is -2.31. The predicted molar refractivity (Wildman–Crippen MR) is 82.8 cm³/mol. The molecule has 5 heteroatoms. The topological polar surface area (TPSA) is 77.8 Å². The third-order valence-corrected chi connectivity index (χ3v) is 3.39. The van der Waals surface area contributed by atoms with E-state index in [9.17, 15) is 14.7 Å². The Balaban J connectivity index is 2.42. The second kappa shape index (κ2) is 6.87. The molecule has 2 N–H and O–H groups in total. The van der Waals surface area contributed by atoms with E-state index in [1.807, 2.05) is 0 Å². The molecule has 0 aliphatic heterocycles. The summed E-state index contributed by atoms with van der Waals surface area (Å²) in [5.74, 6) is -1.73. The minimum absolute atomic E-state index is 0.361. The number of carbonyl (C=O) groups is 2. The Morgan fingerprint density at radius 2 is 1.45 bits per heavy atom. The Morgan fingerprint density at radius 3 is 1.95 bits per heavy atom. The molecule has 0 aromatic heterocycles. The van der Waals surface area contributed by atoms with Crippen LogP contribution in [0.15, 0.2) is 60.7 Å². The summed E-state index contributed by atoms with van der Waals surface area (Å²) in [6.45, 7) is 1.51. The van der Waals surface area contributed by atoms with Crippen LogP contribution in [0, 0.1) is 0 Å². The van der Waals surface area contributed by atoms with Gasteiger partial charge < -0.3 is 15.1 Å². The number of nitrogens with zero attached hydrogens (tertiary/aromatic N) is 1. The quantitative estimate of drug-likeness (QED) is 0.887. The zero-order valence-electron chi connectivity index (χ0n) is 12.1. The lowest BCUT2D eigenvalue weighted by atomic mass is 10.1. The van der Waals surface area contributed by atoms with Crippen molar-refractivity contribution in [2.24, 2.45) is 0 Å². The lowest BCUT2D eigenvalue weighted by molar-refractivity contribution is -0.147. The van der Waals surface area contributed by atoms with Crippen LogP contribution in [-0.2, 0) is 4.79 Å². The van der Waals surface area contributed by atoms with Crippen molar-refractivity contribution >= 4 is 17.6 Å². The molecule has 0 saturated carbocycles. The molecule has 0 radical (unpaired) electrons. The molecule has 0 fully saturated rings. The van der Waals surface area contributed by atoms with Gasteiger partial charge >= 0.3 is 5.97 Å². The first-order valence-electron chi connectivity index (χ1n) is 6.87. The van der Waals surface area contributed by atoms with Crippen LogP contribution in [0.3, 0.4) is 0 Å². The Bertz CT molecular complexity index is 642. The van der Waals surface area contributed by atoms with Gasteiger partial charge in [0.2, 0.25) is 0 Å². The van der Waals surface area contributed by atoms with Crippen LogP contribution < -0.4 is 4.90 Å². The molecule has 0 unspecified atom stereocenters. The zero-order chi connectivity index (χ0) is 16.1. The second-order valence-corrected chi connectivity index (χ2v) is 4.90. The summed E-state index contributed by atoms with van der Waals surface area (Å²) < 4.78 is 0. The minimum atomic E-state index is -1.67. The highest BCUT2D eigenvalue weighted by Crippen LogP contribution is 2.21. The van der Waals surface area contributed by atoms with Crippen molar-refractivity contribution in [1.82, 2.24) is 0 Å². The molecule has 0 saturated heterocycles. The number of hydrogen-bond acceptors (Lipinski definition) is 3. The number of aliphatic hydroxyl groups excluding tert-OH is 1. The van der Waals surface area contributed by atoms with Gasteiger partial charge in [-0.2, -0.15) is 0 Å². The number of para-hydroxylation sites is 1. The first-order valence-corrected chi connectivity index (χ1v) is 6.87. The maximum atomic E-state index is 12.7. The van der Waals surface area contributed by atoms with Gasteiger partial charge in [-0.25, -0.2) is 4.79 Å². The summed E-state index contributed by atoms with van der Waals surface area (Å²) in [5, 5.41) is 18.8. The molecule has 0 bridgehead atoms. The number of rotatable bonds is 5. The zero-order valence-corrected chi connectivity index (χ0v) is 12.1. The normalized spacial score (nSPS) is 13.2. The summed E-state index contributed by atoms with van der Waals surface area (Å²) in [4.78, 5) is 25.1. The summed E-state index contributed by atoms with van der Waals surface area (Å²) in [5.41, 5.74) is 0.958. The number of carbonyl (C=O) groups excluding carboxylic acids is 1. The van der Waals surface area contributed by atoms with E-state index in [1.165, 1.54) is 11.8 Å². The highest BCUT2D eigenvalue weighted by molar-refractivity contribution is 6.06. The van der Waals surface area contributed by atoms with Crippen LogP contribution in [0.5, 0.6) is 0 Å². The van der Waals surface area contributed by atoms with Crippen LogP contribution in [0.4, 0.5) is 5.69 Å². The first-order chi connectivity index (χ1) is 10.5. The number of carboxylic acids is 1. The van der Waals surface area contributed by atoms with E-state index >= 15 is 0 Å². The average molecular weight is 299 g/mol.